The van der Waals surface area contributed by atoms with E-state index in [0.717, 1.165) is 32.3 Å². The van der Waals surface area contributed by atoms with E-state index in [0.29, 0.717) is 6.42 Å². The van der Waals surface area contributed by atoms with Gasteiger partial charge in [0.2, 0.25) is 0 Å². The molecule has 2 fully saturated rings. The maximum absolute atomic E-state index is 10.2. The summed E-state index contributed by atoms with van der Waals surface area (Å²) in [5.41, 5.74) is -0.902. The Morgan fingerprint density at radius 3 is 2.69 bits per heavy atom. The predicted octanol–water partition coefficient (Wildman–Crippen LogP) is 1.86. The number of rotatable bonds is 3. The summed E-state index contributed by atoms with van der Waals surface area (Å²) in [6, 6.07) is 0. The van der Waals surface area contributed by atoms with Crippen LogP contribution in [0.5, 0.6) is 0 Å². The molecular formula is C13H24O3. The minimum absolute atomic E-state index is 0.0493. The molecule has 3 nitrogen and oxygen atoms in total. The molecule has 2 aliphatic rings. The van der Waals surface area contributed by atoms with Crippen LogP contribution in [0.3, 0.4) is 0 Å². The predicted molar refractivity (Wildman–Crippen MR) is 62.2 cm³/mol. The molecule has 0 aromatic carbocycles. The molecule has 1 spiro atoms. The standard InChI is InChI=1S/C13H24O3/c1-3-12(2,15)11(14)10-5-8-16-13(9-10)6-4-7-13/h10-11,14-15H,3-9H2,1-2H3. The highest BCUT2D eigenvalue weighted by atomic mass is 16.5. The van der Waals surface area contributed by atoms with Crippen LogP contribution in [0.15, 0.2) is 0 Å². The normalized spacial score (nSPS) is 34.1. The van der Waals surface area contributed by atoms with Gasteiger partial charge in [0.25, 0.3) is 0 Å². The van der Waals surface area contributed by atoms with Crippen LogP contribution >= 0.6 is 0 Å². The van der Waals surface area contributed by atoms with Crippen molar-refractivity contribution in [1.29, 1.82) is 0 Å². The van der Waals surface area contributed by atoms with Crippen LogP contribution < -0.4 is 0 Å². The maximum atomic E-state index is 10.2. The SMILES string of the molecule is CCC(C)(O)C(O)C1CCOC2(CCC2)C1. The third-order valence-corrected chi connectivity index (χ3v) is 4.60. The van der Waals surface area contributed by atoms with Crippen molar-refractivity contribution >= 4 is 0 Å². The first-order valence-corrected chi connectivity index (χ1v) is 6.53. The lowest BCUT2D eigenvalue weighted by molar-refractivity contribution is -0.179. The van der Waals surface area contributed by atoms with Crippen LogP contribution in [0.1, 0.15) is 52.4 Å². The molecule has 1 aliphatic heterocycles. The van der Waals surface area contributed by atoms with Crippen molar-refractivity contribution in [3.8, 4) is 0 Å². The highest BCUT2D eigenvalue weighted by molar-refractivity contribution is 4.98. The summed E-state index contributed by atoms with van der Waals surface area (Å²) in [7, 11) is 0. The first-order chi connectivity index (χ1) is 7.49. The van der Waals surface area contributed by atoms with E-state index in [4.69, 9.17) is 4.74 Å². The molecule has 1 saturated carbocycles. The topological polar surface area (TPSA) is 49.7 Å². The van der Waals surface area contributed by atoms with Gasteiger partial charge < -0.3 is 14.9 Å². The highest BCUT2D eigenvalue weighted by Crippen LogP contribution is 2.46. The summed E-state index contributed by atoms with van der Waals surface area (Å²) in [5.74, 6) is 0.198. The Balaban J connectivity index is 1.98. The molecule has 1 saturated heterocycles. The van der Waals surface area contributed by atoms with Gasteiger partial charge in [0.1, 0.15) is 0 Å². The van der Waals surface area contributed by atoms with E-state index in [-0.39, 0.29) is 11.5 Å². The summed E-state index contributed by atoms with van der Waals surface area (Å²) < 4.78 is 5.84. The number of ether oxygens (including phenoxy) is 1. The largest absolute Gasteiger partial charge is 0.390 e. The van der Waals surface area contributed by atoms with E-state index >= 15 is 0 Å². The molecule has 3 heteroatoms. The molecule has 0 radical (unpaired) electrons. The fourth-order valence-corrected chi connectivity index (χ4v) is 2.97. The second-order valence-corrected chi connectivity index (χ2v) is 5.79. The van der Waals surface area contributed by atoms with Gasteiger partial charge in [0.15, 0.2) is 0 Å². The lowest BCUT2D eigenvalue weighted by Crippen LogP contribution is -2.52. The van der Waals surface area contributed by atoms with Gasteiger partial charge in [-0.05, 0) is 51.4 Å². The Kier molecular flexibility index (Phi) is 3.30. The number of aliphatic hydroxyl groups is 2. The second kappa shape index (κ2) is 4.28. The molecule has 0 aromatic heterocycles. The van der Waals surface area contributed by atoms with Gasteiger partial charge in [0, 0.05) is 6.61 Å². The van der Waals surface area contributed by atoms with Crippen LogP contribution in [0.25, 0.3) is 0 Å². The molecule has 3 atom stereocenters. The zero-order chi connectivity index (χ0) is 11.8. The highest BCUT2D eigenvalue weighted by Gasteiger charge is 2.46. The number of hydrogen-bond donors (Lipinski definition) is 2. The lowest BCUT2D eigenvalue weighted by Gasteiger charge is -2.49. The fraction of sp³-hybridized carbons (Fsp3) is 1.00. The Hall–Kier alpha value is -0.120. The molecule has 1 aliphatic carbocycles. The van der Waals surface area contributed by atoms with Crippen molar-refractivity contribution in [2.24, 2.45) is 5.92 Å². The molecule has 0 amide bonds. The maximum Gasteiger partial charge on any atom is 0.0877 e. The fourth-order valence-electron chi connectivity index (χ4n) is 2.97. The molecule has 2 rings (SSSR count). The van der Waals surface area contributed by atoms with Gasteiger partial charge in [-0.15, -0.1) is 0 Å². The number of hydrogen-bond acceptors (Lipinski definition) is 3. The van der Waals surface area contributed by atoms with Gasteiger partial charge in [0.05, 0.1) is 17.3 Å². The van der Waals surface area contributed by atoms with Gasteiger partial charge in [-0.1, -0.05) is 6.92 Å². The Morgan fingerprint density at radius 2 is 2.19 bits per heavy atom. The molecule has 0 bridgehead atoms. The second-order valence-electron chi connectivity index (χ2n) is 5.79. The summed E-state index contributed by atoms with van der Waals surface area (Å²) in [5, 5.41) is 20.4. The Bertz CT molecular complexity index is 246. The minimum Gasteiger partial charge on any atom is -0.390 e. The van der Waals surface area contributed by atoms with Crippen LogP contribution in [-0.4, -0.2) is 34.1 Å². The molecular weight excluding hydrogens is 204 g/mol. The van der Waals surface area contributed by atoms with Gasteiger partial charge >= 0.3 is 0 Å². The van der Waals surface area contributed by atoms with Crippen molar-refractivity contribution in [3.63, 3.8) is 0 Å². The molecule has 3 unspecified atom stereocenters. The minimum atomic E-state index is -0.951. The van der Waals surface area contributed by atoms with Crippen molar-refractivity contribution in [2.75, 3.05) is 6.61 Å². The summed E-state index contributed by atoms with van der Waals surface area (Å²) >= 11 is 0. The average molecular weight is 228 g/mol. The quantitative estimate of drug-likeness (QED) is 0.775. The molecule has 1 heterocycles. The van der Waals surface area contributed by atoms with Crippen LogP contribution in [0.4, 0.5) is 0 Å². The molecule has 2 N–H and O–H groups in total. The smallest absolute Gasteiger partial charge is 0.0877 e. The monoisotopic (exact) mass is 228 g/mol. The summed E-state index contributed by atoms with van der Waals surface area (Å²) in [6.07, 6.45) is 5.28. The Morgan fingerprint density at radius 1 is 1.50 bits per heavy atom. The van der Waals surface area contributed by atoms with E-state index < -0.39 is 11.7 Å². The van der Waals surface area contributed by atoms with E-state index in [9.17, 15) is 10.2 Å². The van der Waals surface area contributed by atoms with Crippen molar-refractivity contribution < 1.29 is 14.9 Å². The van der Waals surface area contributed by atoms with Crippen molar-refractivity contribution in [3.05, 3.63) is 0 Å². The van der Waals surface area contributed by atoms with E-state index in [1.807, 2.05) is 6.92 Å². The lowest BCUT2D eigenvalue weighted by atomic mass is 9.69. The van der Waals surface area contributed by atoms with E-state index in [1.54, 1.807) is 6.92 Å². The molecule has 94 valence electrons. The van der Waals surface area contributed by atoms with Gasteiger partial charge in [-0.2, -0.15) is 0 Å². The summed E-state index contributed by atoms with van der Waals surface area (Å²) in [6.45, 7) is 4.39. The third kappa shape index (κ3) is 2.13. The van der Waals surface area contributed by atoms with Crippen LogP contribution in [-0.2, 0) is 4.74 Å². The Labute approximate surface area is 97.8 Å². The molecule has 16 heavy (non-hydrogen) atoms. The van der Waals surface area contributed by atoms with Crippen molar-refractivity contribution in [1.82, 2.24) is 0 Å². The third-order valence-electron chi connectivity index (χ3n) is 4.60. The average Bonchev–Trinajstić information content (AvgIpc) is 2.26. The van der Waals surface area contributed by atoms with Gasteiger partial charge in [-0.25, -0.2) is 0 Å². The van der Waals surface area contributed by atoms with E-state index in [1.165, 1.54) is 6.42 Å². The van der Waals surface area contributed by atoms with Gasteiger partial charge in [-0.3, -0.25) is 0 Å². The van der Waals surface area contributed by atoms with Crippen LogP contribution in [0.2, 0.25) is 0 Å². The van der Waals surface area contributed by atoms with Crippen molar-refractivity contribution in [2.45, 2.75) is 69.7 Å². The summed E-state index contributed by atoms with van der Waals surface area (Å²) in [4.78, 5) is 0. The van der Waals surface area contributed by atoms with Crippen LogP contribution in [0, 0.1) is 5.92 Å². The number of aliphatic hydroxyl groups excluding tert-OH is 1. The zero-order valence-electron chi connectivity index (χ0n) is 10.4. The zero-order valence-corrected chi connectivity index (χ0v) is 10.4. The first-order valence-electron chi connectivity index (χ1n) is 6.53. The van der Waals surface area contributed by atoms with E-state index in [2.05, 4.69) is 0 Å². The molecule has 0 aromatic rings. The first kappa shape index (κ1) is 12.3.